The molecule has 3 N–H and O–H groups in total. The number of carbonyl (C=O) groups is 1. The second-order valence-corrected chi connectivity index (χ2v) is 12.8. The van der Waals surface area contributed by atoms with Gasteiger partial charge in [0.2, 0.25) is 5.91 Å². The first-order chi connectivity index (χ1) is 21.7. The Morgan fingerprint density at radius 1 is 1.02 bits per heavy atom. The van der Waals surface area contributed by atoms with Crippen molar-refractivity contribution in [3.63, 3.8) is 0 Å². The maximum Gasteiger partial charge on any atom is 0.251 e. The number of nitrogens with zero attached hydrogens (tertiary/aromatic N) is 2. The maximum atomic E-state index is 16.3. The molecule has 3 aliphatic rings. The van der Waals surface area contributed by atoms with Crippen LogP contribution in [-0.4, -0.2) is 67.9 Å². The number of aromatic nitrogens is 1. The summed E-state index contributed by atoms with van der Waals surface area (Å²) in [6, 6.07) is 7.75. The Morgan fingerprint density at radius 3 is 2.40 bits per heavy atom. The molecule has 1 atom stereocenters. The number of hydrogen-bond acceptors (Lipinski definition) is 6. The molecule has 0 saturated carbocycles. The van der Waals surface area contributed by atoms with Crippen LogP contribution in [0.5, 0.6) is 0 Å². The maximum absolute atomic E-state index is 16.3. The first-order valence-electron chi connectivity index (χ1n) is 16.3. The molecule has 0 spiro atoms. The van der Waals surface area contributed by atoms with Gasteiger partial charge in [0.1, 0.15) is 5.82 Å². The number of halogens is 1. The van der Waals surface area contributed by atoms with Crippen LogP contribution in [0.25, 0.3) is 11.1 Å². The van der Waals surface area contributed by atoms with Crippen molar-refractivity contribution >= 4 is 11.6 Å². The van der Waals surface area contributed by atoms with Gasteiger partial charge in [0.15, 0.2) is 0 Å². The second-order valence-electron chi connectivity index (χ2n) is 12.8. The Bertz CT molecular complexity index is 1660. The highest BCUT2D eigenvalue weighted by Gasteiger charge is 2.34. The van der Waals surface area contributed by atoms with E-state index in [9.17, 15) is 9.59 Å². The number of pyridine rings is 1. The predicted molar refractivity (Wildman–Crippen MR) is 175 cm³/mol. The number of rotatable bonds is 8. The average Bonchev–Trinajstić information content (AvgIpc) is 3.46. The van der Waals surface area contributed by atoms with Crippen LogP contribution >= 0.6 is 0 Å². The number of nitrogens with two attached hydrogens (primary N) is 1. The number of aryl methyl sites for hydroxylation is 3. The topological polar surface area (TPSA) is 101 Å². The lowest BCUT2D eigenvalue weighted by Crippen LogP contribution is -2.41. The van der Waals surface area contributed by atoms with Gasteiger partial charge in [0.25, 0.3) is 5.56 Å². The molecule has 0 bridgehead atoms. The van der Waals surface area contributed by atoms with Gasteiger partial charge in [0.05, 0.1) is 13.2 Å². The number of ether oxygens (including phenoxy) is 2. The van der Waals surface area contributed by atoms with E-state index in [0.29, 0.717) is 56.1 Å². The molecule has 45 heavy (non-hydrogen) atoms. The number of nitrogens with one attached hydrogen (secondary N) is 1. The molecule has 2 aliphatic heterocycles. The summed E-state index contributed by atoms with van der Waals surface area (Å²) in [6.45, 7) is 12.8. The largest absolute Gasteiger partial charge is 0.381 e. The van der Waals surface area contributed by atoms with E-state index in [1.54, 1.807) is 6.07 Å². The third-order valence-electron chi connectivity index (χ3n) is 10.1. The van der Waals surface area contributed by atoms with Crippen molar-refractivity contribution in [3.05, 3.63) is 85.1 Å². The molecule has 2 saturated heterocycles. The Morgan fingerprint density at radius 2 is 1.73 bits per heavy atom. The van der Waals surface area contributed by atoms with Crippen molar-refractivity contribution in [3.8, 4) is 11.1 Å². The van der Waals surface area contributed by atoms with Gasteiger partial charge in [-0.1, -0.05) is 6.07 Å². The standard InChI is InChI=1S/C36H45FN4O4/c1-5-41(26-8-12-44-13-9-26)34-23(4)28(35(38)42)20-29(30(34)19-27-21(2)16-22(3)39-36(27)43)25-17-24-6-7-32(33(24)31(37)18-25)40-10-14-45-15-11-40/h16-18,20,26,32H,5-15,19H2,1-4H3,(H2,38,42)(H,39,43). The van der Waals surface area contributed by atoms with E-state index < -0.39 is 5.91 Å². The molecule has 6 rings (SSSR count). The van der Waals surface area contributed by atoms with Crippen LogP contribution in [0.3, 0.4) is 0 Å². The van der Waals surface area contributed by atoms with Gasteiger partial charge in [-0.05, 0) is 105 Å². The summed E-state index contributed by atoms with van der Waals surface area (Å²) in [7, 11) is 0. The van der Waals surface area contributed by atoms with Gasteiger partial charge in [0, 0.05) is 79.4 Å². The number of carbonyl (C=O) groups excluding carboxylic acids is 1. The fourth-order valence-electron chi connectivity index (χ4n) is 7.88. The quantitative estimate of drug-likeness (QED) is 0.365. The monoisotopic (exact) mass is 616 g/mol. The number of morpholine rings is 1. The zero-order valence-corrected chi connectivity index (χ0v) is 26.9. The first-order valence-corrected chi connectivity index (χ1v) is 16.3. The summed E-state index contributed by atoms with van der Waals surface area (Å²) >= 11 is 0. The van der Waals surface area contributed by atoms with E-state index in [1.165, 1.54) is 0 Å². The van der Waals surface area contributed by atoms with Crippen molar-refractivity contribution in [1.82, 2.24) is 9.88 Å². The molecule has 0 radical (unpaired) electrons. The Labute approximate surface area is 264 Å². The van der Waals surface area contributed by atoms with E-state index in [1.807, 2.05) is 32.9 Å². The summed E-state index contributed by atoms with van der Waals surface area (Å²) < 4.78 is 27.5. The zero-order valence-electron chi connectivity index (χ0n) is 26.9. The highest BCUT2D eigenvalue weighted by Crippen LogP contribution is 2.44. The van der Waals surface area contributed by atoms with Crippen LogP contribution in [0.15, 0.2) is 29.1 Å². The third-order valence-corrected chi connectivity index (χ3v) is 10.1. The van der Waals surface area contributed by atoms with E-state index in [0.717, 1.165) is 83.5 Å². The molecule has 3 aromatic rings. The minimum absolute atomic E-state index is 0.0325. The van der Waals surface area contributed by atoms with Crippen molar-refractivity contribution in [2.45, 2.75) is 71.9 Å². The molecule has 240 valence electrons. The number of primary amides is 1. The van der Waals surface area contributed by atoms with Gasteiger partial charge in [-0.3, -0.25) is 14.5 Å². The number of fused-ring (bicyclic) bond motifs is 1. The van der Waals surface area contributed by atoms with Gasteiger partial charge in [-0.25, -0.2) is 4.39 Å². The minimum atomic E-state index is -0.525. The van der Waals surface area contributed by atoms with Crippen molar-refractivity contribution in [2.24, 2.45) is 5.73 Å². The number of amides is 1. The van der Waals surface area contributed by atoms with Crippen LogP contribution in [0.1, 0.15) is 81.7 Å². The summed E-state index contributed by atoms with van der Waals surface area (Å²) in [5, 5.41) is 0. The molecule has 9 heteroatoms. The SMILES string of the molecule is CCN(c1c(C)c(C(N)=O)cc(-c2cc(F)c3c(c2)CCC3N2CCOCC2)c1Cc1c(C)cc(C)[nH]c1=O)C1CCOCC1. The van der Waals surface area contributed by atoms with E-state index in [4.69, 9.17) is 15.2 Å². The smallest absolute Gasteiger partial charge is 0.251 e. The normalized spacial score (nSPS) is 19.1. The van der Waals surface area contributed by atoms with Crippen LogP contribution in [0.4, 0.5) is 10.1 Å². The summed E-state index contributed by atoms with van der Waals surface area (Å²) in [5.74, 6) is -0.755. The van der Waals surface area contributed by atoms with Crippen LogP contribution in [0, 0.1) is 26.6 Å². The molecule has 2 aromatic carbocycles. The molecule has 1 amide bonds. The van der Waals surface area contributed by atoms with Gasteiger partial charge in [-0.15, -0.1) is 0 Å². The summed E-state index contributed by atoms with van der Waals surface area (Å²) in [4.78, 5) is 34.0. The minimum Gasteiger partial charge on any atom is -0.381 e. The molecule has 1 unspecified atom stereocenters. The highest BCUT2D eigenvalue weighted by molar-refractivity contribution is 5.99. The molecular formula is C36H45FN4O4. The van der Waals surface area contributed by atoms with Crippen molar-refractivity contribution in [2.75, 3.05) is 51.0 Å². The molecule has 1 aliphatic carbocycles. The lowest BCUT2D eigenvalue weighted by Gasteiger charge is -2.38. The number of benzene rings is 2. The Hall–Kier alpha value is -3.53. The molecule has 1 aromatic heterocycles. The van der Waals surface area contributed by atoms with Crippen LogP contribution in [-0.2, 0) is 22.3 Å². The summed E-state index contributed by atoms with van der Waals surface area (Å²) in [6.07, 6.45) is 3.67. The van der Waals surface area contributed by atoms with E-state index in [2.05, 4.69) is 27.8 Å². The van der Waals surface area contributed by atoms with Gasteiger partial charge >= 0.3 is 0 Å². The second kappa shape index (κ2) is 13.1. The van der Waals surface area contributed by atoms with Crippen molar-refractivity contribution in [1.29, 1.82) is 0 Å². The zero-order chi connectivity index (χ0) is 31.8. The van der Waals surface area contributed by atoms with Crippen LogP contribution in [0.2, 0.25) is 0 Å². The predicted octanol–water partition coefficient (Wildman–Crippen LogP) is 5.12. The number of aromatic amines is 1. The molecule has 2 fully saturated rings. The van der Waals surface area contributed by atoms with E-state index >= 15 is 4.39 Å². The van der Waals surface area contributed by atoms with Gasteiger partial charge in [-0.2, -0.15) is 0 Å². The number of H-pyrrole nitrogens is 1. The van der Waals surface area contributed by atoms with E-state index in [-0.39, 0.29) is 23.5 Å². The lowest BCUT2D eigenvalue weighted by atomic mass is 9.85. The number of anilines is 1. The highest BCUT2D eigenvalue weighted by atomic mass is 19.1. The molecule has 8 nitrogen and oxygen atoms in total. The fraction of sp³-hybridized carbons (Fsp3) is 0.500. The third kappa shape index (κ3) is 6.05. The Kier molecular flexibility index (Phi) is 9.13. The fourth-order valence-corrected chi connectivity index (χ4v) is 7.88. The average molecular weight is 617 g/mol. The molecular weight excluding hydrogens is 571 g/mol. The first kappa shape index (κ1) is 31.5. The summed E-state index contributed by atoms with van der Waals surface area (Å²) in [5.41, 5.74) is 14.5. The molecule has 3 heterocycles. The Balaban J connectivity index is 1.57. The van der Waals surface area contributed by atoms with Crippen LogP contribution < -0.4 is 16.2 Å². The lowest BCUT2D eigenvalue weighted by molar-refractivity contribution is 0.0158. The van der Waals surface area contributed by atoms with Crippen molar-refractivity contribution < 1.29 is 18.7 Å². The van der Waals surface area contributed by atoms with Gasteiger partial charge < -0.3 is 25.1 Å². The number of hydrogen-bond donors (Lipinski definition) is 2.